The van der Waals surface area contributed by atoms with Crippen molar-refractivity contribution in [3.63, 3.8) is 0 Å². The highest BCUT2D eigenvalue weighted by Crippen LogP contribution is 2.49. The van der Waals surface area contributed by atoms with Crippen LogP contribution in [0.4, 0.5) is 8.78 Å². The van der Waals surface area contributed by atoms with Gasteiger partial charge in [-0.05, 0) is 55.2 Å². The summed E-state index contributed by atoms with van der Waals surface area (Å²) in [4.78, 5) is 14.9. The molecule has 2 aromatic rings. The van der Waals surface area contributed by atoms with Gasteiger partial charge in [-0.3, -0.25) is 4.79 Å². The van der Waals surface area contributed by atoms with E-state index in [1.54, 1.807) is 23.1 Å². The van der Waals surface area contributed by atoms with E-state index in [-0.39, 0.29) is 23.7 Å². The summed E-state index contributed by atoms with van der Waals surface area (Å²) < 4.78 is 27.1. The highest BCUT2D eigenvalue weighted by atomic mass is 19.1. The third-order valence-electron chi connectivity index (χ3n) is 6.11. The number of carbonyl (C=O) groups excluding carboxylic acids is 1. The van der Waals surface area contributed by atoms with Crippen LogP contribution < -0.4 is 0 Å². The smallest absolute Gasteiger partial charge is 0.254 e. The van der Waals surface area contributed by atoms with E-state index < -0.39 is 11.4 Å². The molecular weight excluding hydrogens is 348 g/mol. The topological polar surface area (TPSA) is 40.5 Å². The maximum Gasteiger partial charge on any atom is 0.254 e. The number of amides is 1. The van der Waals surface area contributed by atoms with Crippen LogP contribution in [-0.4, -0.2) is 28.1 Å². The van der Waals surface area contributed by atoms with Gasteiger partial charge in [-0.15, -0.1) is 0 Å². The van der Waals surface area contributed by atoms with Crippen molar-refractivity contribution in [3.8, 4) is 0 Å². The first-order valence-corrected chi connectivity index (χ1v) is 9.52. The predicted molar refractivity (Wildman–Crippen MR) is 98.1 cm³/mol. The van der Waals surface area contributed by atoms with Crippen molar-refractivity contribution in [1.29, 1.82) is 0 Å². The Bertz CT molecular complexity index is 838. The van der Waals surface area contributed by atoms with Gasteiger partial charge in [0.15, 0.2) is 0 Å². The van der Waals surface area contributed by atoms with Gasteiger partial charge in [0.1, 0.15) is 11.6 Å². The van der Waals surface area contributed by atoms with Gasteiger partial charge < -0.3 is 10.0 Å². The zero-order chi connectivity index (χ0) is 19.0. The van der Waals surface area contributed by atoms with Crippen molar-refractivity contribution >= 4 is 5.91 Å². The van der Waals surface area contributed by atoms with Gasteiger partial charge in [-0.2, -0.15) is 0 Å². The lowest BCUT2D eigenvalue weighted by atomic mass is 9.66. The third-order valence-corrected chi connectivity index (χ3v) is 6.11. The first kappa shape index (κ1) is 18.1. The van der Waals surface area contributed by atoms with E-state index in [2.05, 4.69) is 0 Å². The molecule has 0 radical (unpaired) electrons. The van der Waals surface area contributed by atoms with E-state index in [4.69, 9.17) is 0 Å². The Morgan fingerprint density at radius 2 is 1.81 bits per heavy atom. The first-order chi connectivity index (χ1) is 13.0. The zero-order valence-electron chi connectivity index (χ0n) is 15.1. The SMILES string of the molecule is O=C(c1cccc(F)c1)N1CC[C@@]2(O)CCCC[C@@H]2[C@H]1c1ccc(F)cc1. The molecule has 27 heavy (non-hydrogen) atoms. The second kappa shape index (κ2) is 7.04. The second-order valence-corrected chi connectivity index (χ2v) is 7.71. The summed E-state index contributed by atoms with van der Waals surface area (Å²) in [6.07, 6.45) is 4.01. The lowest BCUT2D eigenvalue weighted by Crippen LogP contribution is -2.56. The minimum atomic E-state index is -0.810. The summed E-state index contributed by atoms with van der Waals surface area (Å²) in [7, 11) is 0. The summed E-state index contributed by atoms with van der Waals surface area (Å²) in [5, 5.41) is 11.2. The standard InChI is InChI=1S/C22H23F2NO2/c23-17-9-7-15(8-10-17)20-19-6-1-2-11-22(19,27)12-13-25(20)21(26)16-4-3-5-18(24)14-16/h3-5,7-10,14,19-20,27H,1-2,6,11-13H2/t19-,20-,22+/m1/s1. The lowest BCUT2D eigenvalue weighted by molar-refractivity contribution is -0.115. The molecule has 1 saturated carbocycles. The van der Waals surface area contributed by atoms with E-state index in [0.717, 1.165) is 31.2 Å². The molecule has 1 heterocycles. The number of aliphatic hydroxyl groups is 1. The molecule has 2 aromatic carbocycles. The Morgan fingerprint density at radius 1 is 1.04 bits per heavy atom. The molecule has 0 unspecified atom stereocenters. The third kappa shape index (κ3) is 3.36. The number of carbonyl (C=O) groups is 1. The number of fused-ring (bicyclic) bond motifs is 1. The number of likely N-dealkylation sites (tertiary alicyclic amines) is 1. The van der Waals surface area contributed by atoms with Gasteiger partial charge in [0, 0.05) is 18.0 Å². The normalized spacial score (nSPS) is 27.9. The summed E-state index contributed by atoms with van der Waals surface area (Å²) in [5.41, 5.74) is 0.297. The number of piperidine rings is 1. The predicted octanol–water partition coefficient (Wildman–Crippen LogP) is 4.47. The largest absolute Gasteiger partial charge is 0.389 e. The molecule has 2 aliphatic rings. The molecule has 2 fully saturated rings. The average molecular weight is 371 g/mol. The highest BCUT2D eigenvalue weighted by molar-refractivity contribution is 5.94. The van der Waals surface area contributed by atoms with Crippen molar-refractivity contribution in [1.82, 2.24) is 4.90 Å². The molecule has 1 N–H and O–H groups in total. The zero-order valence-corrected chi connectivity index (χ0v) is 15.1. The summed E-state index contributed by atoms with van der Waals surface area (Å²) in [5.74, 6) is -1.15. The van der Waals surface area contributed by atoms with Crippen LogP contribution in [0.1, 0.15) is 54.1 Å². The van der Waals surface area contributed by atoms with E-state index in [0.29, 0.717) is 18.5 Å². The van der Waals surface area contributed by atoms with E-state index in [1.165, 1.54) is 30.3 Å². The van der Waals surface area contributed by atoms with Crippen LogP contribution in [0, 0.1) is 17.6 Å². The summed E-state index contributed by atoms with van der Waals surface area (Å²) >= 11 is 0. The van der Waals surface area contributed by atoms with Crippen LogP contribution in [0.3, 0.4) is 0 Å². The molecule has 1 amide bonds. The van der Waals surface area contributed by atoms with Crippen LogP contribution in [0.25, 0.3) is 0 Å². The van der Waals surface area contributed by atoms with Crippen molar-refractivity contribution in [2.24, 2.45) is 5.92 Å². The Morgan fingerprint density at radius 3 is 2.56 bits per heavy atom. The van der Waals surface area contributed by atoms with Gasteiger partial charge in [0.05, 0.1) is 11.6 Å². The van der Waals surface area contributed by atoms with Gasteiger partial charge in [0.25, 0.3) is 5.91 Å². The number of rotatable bonds is 2. The van der Waals surface area contributed by atoms with Crippen LogP contribution in [-0.2, 0) is 0 Å². The molecule has 3 atom stereocenters. The maximum absolute atomic E-state index is 13.6. The van der Waals surface area contributed by atoms with Crippen LogP contribution in [0.15, 0.2) is 48.5 Å². The van der Waals surface area contributed by atoms with Gasteiger partial charge in [0.2, 0.25) is 0 Å². The molecule has 5 heteroatoms. The maximum atomic E-state index is 13.6. The minimum absolute atomic E-state index is 0.108. The van der Waals surface area contributed by atoms with Gasteiger partial charge >= 0.3 is 0 Å². The van der Waals surface area contributed by atoms with E-state index in [1.807, 2.05) is 0 Å². The minimum Gasteiger partial charge on any atom is -0.389 e. The van der Waals surface area contributed by atoms with Crippen LogP contribution in [0.5, 0.6) is 0 Å². The molecule has 0 spiro atoms. The highest BCUT2D eigenvalue weighted by Gasteiger charge is 2.50. The molecular formula is C22H23F2NO2. The van der Waals surface area contributed by atoms with Crippen molar-refractivity contribution in [2.45, 2.75) is 43.7 Å². The number of hydrogen-bond acceptors (Lipinski definition) is 2. The number of nitrogens with zero attached hydrogens (tertiary/aromatic N) is 1. The molecule has 4 rings (SSSR count). The Balaban J connectivity index is 1.75. The quantitative estimate of drug-likeness (QED) is 0.846. The molecule has 1 saturated heterocycles. The van der Waals surface area contributed by atoms with Crippen LogP contribution >= 0.6 is 0 Å². The molecule has 3 nitrogen and oxygen atoms in total. The van der Waals surface area contributed by atoms with Gasteiger partial charge in [-0.1, -0.05) is 31.0 Å². The van der Waals surface area contributed by atoms with Crippen molar-refractivity contribution in [2.75, 3.05) is 6.54 Å². The number of benzene rings is 2. The lowest BCUT2D eigenvalue weighted by Gasteiger charge is -2.52. The van der Waals surface area contributed by atoms with E-state index >= 15 is 0 Å². The summed E-state index contributed by atoms with van der Waals surface area (Å²) in [6, 6.07) is 11.5. The first-order valence-electron chi connectivity index (χ1n) is 9.52. The van der Waals surface area contributed by atoms with Crippen LogP contribution in [0.2, 0.25) is 0 Å². The second-order valence-electron chi connectivity index (χ2n) is 7.71. The molecule has 0 aromatic heterocycles. The fraction of sp³-hybridized carbons (Fsp3) is 0.409. The fourth-order valence-corrected chi connectivity index (χ4v) is 4.77. The molecule has 1 aliphatic carbocycles. The Kier molecular flexibility index (Phi) is 4.72. The van der Waals surface area contributed by atoms with E-state index in [9.17, 15) is 18.7 Å². The van der Waals surface area contributed by atoms with Crippen molar-refractivity contribution < 1.29 is 18.7 Å². The monoisotopic (exact) mass is 371 g/mol. The van der Waals surface area contributed by atoms with Gasteiger partial charge in [-0.25, -0.2) is 8.78 Å². The number of halogens is 2. The summed E-state index contributed by atoms with van der Waals surface area (Å²) in [6.45, 7) is 0.393. The molecule has 0 bridgehead atoms. The Hall–Kier alpha value is -2.27. The molecule has 1 aliphatic heterocycles. The number of hydrogen-bond donors (Lipinski definition) is 1. The fourth-order valence-electron chi connectivity index (χ4n) is 4.77. The average Bonchev–Trinajstić information content (AvgIpc) is 2.67. The van der Waals surface area contributed by atoms with Crippen molar-refractivity contribution in [3.05, 3.63) is 71.3 Å². The molecule has 142 valence electrons. The Labute approximate surface area is 157 Å².